The number of carbonyl (C=O) groups is 1. The number of aromatic amines is 1. The molecular formula is C22H23N3OS. The Balaban J connectivity index is 1.60. The molecule has 0 bridgehead atoms. The Bertz CT molecular complexity index is 966. The first kappa shape index (κ1) is 17.7. The summed E-state index contributed by atoms with van der Waals surface area (Å²) in [6, 6.07) is 10.6. The van der Waals surface area contributed by atoms with Crippen molar-refractivity contribution in [1.29, 1.82) is 0 Å². The van der Waals surface area contributed by atoms with Crippen LogP contribution in [0.15, 0.2) is 41.8 Å². The lowest BCUT2D eigenvalue weighted by Gasteiger charge is -2.21. The summed E-state index contributed by atoms with van der Waals surface area (Å²) in [5.74, 6) is -0.0310. The van der Waals surface area contributed by atoms with Crippen molar-refractivity contribution in [1.82, 2.24) is 10.2 Å². The van der Waals surface area contributed by atoms with Crippen molar-refractivity contribution in [3.05, 3.63) is 74.7 Å². The minimum atomic E-state index is -0.0310. The molecule has 4 rings (SSSR count). The van der Waals surface area contributed by atoms with Crippen molar-refractivity contribution < 1.29 is 4.79 Å². The quantitative estimate of drug-likeness (QED) is 0.648. The fraction of sp³-hybridized carbons (Fsp3) is 0.273. The third-order valence-corrected chi connectivity index (χ3v) is 5.92. The number of rotatable bonds is 5. The van der Waals surface area contributed by atoms with Gasteiger partial charge in [-0.05, 0) is 67.3 Å². The summed E-state index contributed by atoms with van der Waals surface area (Å²) in [5, 5.41) is 9.29. The van der Waals surface area contributed by atoms with Crippen LogP contribution in [0.4, 0.5) is 5.69 Å². The number of hydrogen-bond acceptors (Lipinski definition) is 3. The molecule has 1 amide bonds. The van der Waals surface area contributed by atoms with Gasteiger partial charge in [0.15, 0.2) is 0 Å². The van der Waals surface area contributed by atoms with Gasteiger partial charge in [0.25, 0.3) is 5.91 Å². The zero-order valence-electron chi connectivity index (χ0n) is 15.7. The second-order valence-electron chi connectivity index (χ2n) is 7.00. The molecule has 0 spiro atoms. The van der Waals surface area contributed by atoms with Gasteiger partial charge >= 0.3 is 0 Å². The highest BCUT2D eigenvalue weighted by Crippen LogP contribution is 2.27. The van der Waals surface area contributed by atoms with E-state index in [9.17, 15) is 4.79 Å². The lowest BCUT2D eigenvalue weighted by molar-refractivity contribution is -0.114. The van der Waals surface area contributed by atoms with Crippen molar-refractivity contribution >= 4 is 29.0 Å². The maximum absolute atomic E-state index is 13.1. The van der Waals surface area contributed by atoms with E-state index in [1.165, 1.54) is 24.0 Å². The largest absolute Gasteiger partial charge is 0.300 e. The predicted octanol–water partition coefficient (Wildman–Crippen LogP) is 4.82. The summed E-state index contributed by atoms with van der Waals surface area (Å²) >= 11 is 1.66. The number of benzene rings is 1. The Morgan fingerprint density at radius 2 is 2.11 bits per heavy atom. The fourth-order valence-corrected chi connectivity index (χ4v) is 4.41. The second kappa shape index (κ2) is 7.53. The van der Waals surface area contributed by atoms with E-state index in [2.05, 4.69) is 34.5 Å². The van der Waals surface area contributed by atoms with Gasteiger partial charge in [0.05, 0.1) is 23.6 Å². The second-order valence-corrected chi connectivity index (χ2v) is 8.03. The number of aryl methyl sites for hydroxylation is 4. The van der Waals surface area contributed by atoms with Gasteiger partial charge in [0.1, 0.15) is 0 Å². The number of fused-ring (bicyclic) bond motifs is 1. The van der Waals surface area contributed by atoms with Crippen LogP contribution >= 0.6 is 11.3 Å². The molecule has 0 radical (unpaired) electrons. The first-order chi connectivity index (χ1) is 13.1. The van der Waals surface area contributed by atoms with Gasteiger partial charge in [-0.25, -0.2) is 0 Å². The molecule has 0 aliphatic heterocycles. The van der Waals surface area contributed by atoms with Gasteiger partial charge < -0.3 is 4.90 Å². The Morgan fingerprint density at radius 1 is 1.26 bits per heavy atom. The maximum atomic E-state index is 13.1. The summed E-state index contributed by atoms with van der Waals surface area (Å²) in [4.78, 5) is 16.0. The average Bonchev–Trinajstić information content (AvgIpc) is 3.40. The van der Waals surface area contributed by atoms with Crippen molar-refractivity contribution in [2.24, 2.45) is 0 Å². The van der Waals surface area contributed by atoms with Crippen LogP contribution < -0.4 is 4.90 Å². The van der Waals surface area contributed by atoms with Gasteiger partial charge in [-0.1, -0.05) is 24.3 Å². The molecule has 0 unspecified atom stereocenters. The highest BCUT2D eigenvalue weighted by atomic mass is 32.1. The smallest absolute Gasteiger partial charge is 0.251 e. The molecule has 5 heteroatoms. The number of nitrogens with one attached hydrogen (secondary N) is 1. The van der Waals surface area contributed by atoms with Crippen LogP contribution in [0.5, 0.6) is 0 Å². The van der Waals surface area contributed by atoms with Crippen LogP contribution in [-0.2, 0) is 24.2 Å². The number of nitrogens with zero attached hydrogens (tertiary/aromatic N) is 2. The van der Waals surface area contributed by atoms with Gasteiger partial charge in [-0.2, -0.15) is 5.10 Å². The van der Waals surface area contributed by atoms with Crippen molar-refractivity contribution in [2.45, 2.75) is 39.7 Å². The van der Waals surface area contributed by atoms with E-state index in [0.717, 1.165) is 33.9 Å². The molecule has 0 fully saturated rings. The van der Waals surface area contributed by atoms with Gasteiger partial charge in [-0.3, -0.25) is 9.89 Å². The van der Waals surface area contributed by atoms with E-state index in [-0.39, 0.29) is 5.91 Å². The zero-order chi connectivity index (χ0) is 18.8. The number of aromatic nitrogens is 2. The highest BCUT2D eigenvalue weighted by molar-refractivity contribution is 7.09. The zero-order valence-corrected chi connectivity index (χ0v) is 16.5. The lowest BCUT2D eigenvalue weighted by atomic mass is 10.1. The standard InChI is InChI=1S/C22H23N3OS/c1-15-22(16(2)24-23-15)25(14-20-7-4-12-27-20)21(26)11-9-17-8-10-18-5-3-6-19(18)13-17/h4,7-13H,3,5-6,14H2,1-2H3,(H,23,24)/b11-9+. The molecule has 1 aliphatic rings. The van der Waals surface area contributed by atoms with Gasteiger partial charge in [0.2, 0.25) is 0 Å². The Labute approximate surface area is 163 Å². The Hall–Kier alpha value is -2.66. The number of thiophene rings is 1. The SMILES string of the molecule is Cc1n[nH]c(C)c1N(Cc1cccs1)C(=O)/C=C/c1ccc2c(c1)CCC2. The molecular weight excluding hydrogens is 354 g/mol. The van der Waals surface area contributed by atoms with Crippen LogP contribution in [-0.4, -0.2) is 16.1 Å². The molecule has 0 atom stereocenters. The highest BCUT2D eigenvalue weighted by Gasteiger charge is 2.21. The number of H-pyrrole nitrogens is 1. The number of amides is 1. The number of hydrogen-bond donors (Lipinski definition) is 1. The predicted molar refractivity (Wildman–Crippen MR) is 111 cm³/mol. The average molecular weight is 378 g/mol. The molecule has 1 aromatic carbocycles. The Morgan fingerprint density at radius 3 is 2.85 bits per heavy atom. The van der Waals surface area contributed by atoms with Crippen LogP contribution in [0.25, 0.3) is 6.08 Å². The van der Waals surface area contributed by atoms with Crippen LogP contribution in [0.1, 0.15) is 39.4 Å². The number of carbonyl (C=O) groups excluding carboxylic acids is 1. The van der Waals surface area contributed by atoms with E-state index in [0.29, 0.717) is 6.54 Å². The van der Waals surface area contributed by atoms with Gasteiger partial charge in [-0.15, -0.1) is 11.3 Å². The van der Waals surface area contributed by atoms with Crippen LogP contribution in [0.2, 0.25) is 0 Å². The molecule has 4 nitrogen and oxygen atoms in total. The molecule has 1 aliphatic carbocycles. The monoisotopic (exact) mass is 377 g/mol. The fourth-order valence-electron chi connectivity index (χ4n) is 3.72. The van der Waals surface area contributed by atoms with E-state index in [1.807, 2.05) is 36.3 Å². The van der Waals surface area contributed by atoms with Crippen LogP contribution in [0.3, 0.4) is 0 Å². The summed E-state index contributed by atoms with van der Waals surface area (Å²) < 4.78 is 0. The molecule has 0 saturated heterocycles. The van der Waals surface area contributed by atoms with Gasteiger partial charge in [0, 0.05) is 11.0 Å². The molecule has 1 N–H and O–H groups in total. The molecule has 138 valence electrons. The van der Waals surface area contributed by atoms with Crippen molar-refractivity contribution in [3.63, 3.8) is 0 Å². The number of anilines is 1. The summed E-state index contributed by atoms with van der Waals surface area (Å²) in [7, 11) is 0. The first-order valence-electron chi connectivity index (χ1n) is 9.27. The summed E-state index contributed by atoms with van der Waals surface area (Å²) in [5.41, 5.74) is 6.56. The van der Waals surface area contributed by atoms with Crippen LogP contribution in [0, 0.1) is 13.8 Å². The first-order valence-corrected chi connectivity index (χ1v) is 10.1. The summed E-state index contributed by atoms with van der Waals surface area (Å²) in [6.45, 7) is 4.43. The molecule has 3 aromatic rings. The van der Waals surface area contributed by atoms with Crippen molar-refractivity contribution in [3.8, 4) is 0 Å². The molecule has 27 heavy (non-hydrogen) atoms. The third-order valence-electron chi connectivity index (χ3n) is 5.06. The molecule has 2 heterocycles. The van der Waals surface area contributed by atoms with E-state index < -0.39 is 0 Å². The molecule has 2 aromatic heterocycles. The normalized spacial score (nSPS) is 13.3. The van der Waals surface area contributed by atoms with E-state index in [4.69, 9.17) is 0 Å². The van der Waals surface area contributed by atoms with E-state index >= 15 is 0 Å². The third kappa shape index (κ3) is 3.74. The topological polar surface area (TPSA) is 49.0 Å². The van der Waals surface area contributed by atoms with E-state index in [1.54, 1.807) is 17.4 Å². The Kier molecular flexibility index (Phi) is 4.94. The lowest BCUT2D eigenvalue weighted by Crippen LogP contribution is -2.29. The minimum Gasteiger partial charge on any atom is -0.300 e. The minimum absolute atomic E-state index is 0.0310. The van der Waals surface area contributed by atoms with Crippen molar-refractivity contribution in [2.75, 3.05) is 4.90 Å². The maximum Gasteiger partial charge on any atom is 0.251 e. The molecule has 0 saturated carbocycles. The summed E-state index contributed by atoms with van der Waals surface area (Å²) in [6.07, 6.45) is 7.15.